The van der Waals surface area contributed by atoms with E-state index in [1.54, 1.807) is 0 Å². The highest BCUT2D eigenvalue weighted by atomic mass is 15.2. The minimum absolute atomic E-state index is 0.709. The van der Waals surface area contributed by atoms with Gasteiger partial charge in [-0.25, -0.2) is 0 Å². The smallest absolute Gasteiger partial charge is 0.0194 e. The zero-order valence-corrected chi connectivity index (χ0v) is 11.1. The maximum absolute atomic E-state index is 3.66. The monoisotopic (exact) mass is 225 g/mol. The minimum atomic E-state index is 0.709. The van der Waals surface area contributed by atoms with Crippen LogP contribution in [-0.2, 0) is 0 Å². The van der Waals surface area contributed by atoms with Crippen molar-refractivity contribution in [1.29, 1.82) is 0 Å². The Balaban J connectivity index is 1.65. The maximum atomic E-state index is 3.66. The molecule has 3 heteroatoms. The average Bonchev–Trinajstić information content (AvgIpc) is 2.92. The van der Waals surface area contributed by atoms with E-state index in [1.807, 2.05) is 0 Å². The van der Waals surface area contributed by atoms with Crippen molar-refractivity contribution >= 4 is 0 Å². The summed E-state index contributed by atoms with van der Waals surface area (Å²) >= 11 is 0. The van der Waals surface area contributed by atoms with Gasteiger partial charge >= 0.3 is 0 Å². The lowest BCUT2D eigenvalue weighted by atomic mass is 10.1. The Morgan fingerprint density at radius 1 is 1.31 bits per heavy atom. The Bertz CT molecular complexity index is 213. The van der Waals surface area contributed by atoms with Crippen LogP contribution < -0.4 is 5.32 Å². The second-order valence-corrected chi connectivity index (χ2v) is 5.94. The van der Waals surface area contributed by atoms with Crippen molar-refractivity contribution in [2.75, 3.05) is 40.3 Å². The first-order valence-corrected chi connectivity index (χ1v) is 6.77. The molecule has 0 spiro atoms. The normalized spacial score (nSPS) is 28.9. The third-order valence-corrected chi connectivity index (χ3v) is 3.84. The summed E-state index contributed by atoms with van der Waals surface area (Å²) < 4.78 is 0. The van der Waals surface area contributed by atoms with Crippen LogP contribution in [0, 0.1) is 5.92 Å². The van der Waals surface area contributed by atoms with Gasteiger partial charge in [0.05, 0.1) is 0 Å². The number of nitrogens with one attached hydrogen (secondary N) is 1. The van der Waals surface area contributed by atoms with Crippen molar-refractivity contribution < 1.29 is 0 Å². The molecule has 1 aliphatic heterocycles. The van der Waals surface area contributed by atoms with E-state index in [-0.39, 0.29) is 0 Å². The molecule has 2 aliphatic rings. The summed E-state index contributed by atoms with van der Waals surface area (Å²) in [5.74, 6) is 0.894. The Hall–Kier alpha value is -0.120. The molecular formula is C13H27N3. The molecule has 1 N–H and O–H groups in total. The maximum Gasteiger partial charge on any atom is 0.0194 e. The minimum Gasteiger partial charge on any atom is -0.314 e. The van der Waals surface area contributed by atoms with Crippen molar-refractivity contribution in [3.63, 3.8) is 0 Å². The standard InChI is InChI=1S/C13H27N3/c1-11(9-15(2)3)16-7-6-12(10-16)8-14-13-4-5-13/h11-14H,4-10H2,1-3H3. The summed E-state index contributed by atoms with van der Waals surface area (Å²) in [4.78, 5) is 4.94. The molecule has 0 bridgehead atoms. The SMILES string of the molecule is CC(CN(C)C)N1CCC(CNC2CC2)C1. The highest BCUT2D eigenvalue weighted by molar-refractivity contribution is 4.86. The fraction of sp³-hybridized carbons (Fsp3) is 1.00. The number of rotatable bonds is 6. The zero-order valence-electron chi connectivity index (χ0n) is 11.1. The first-order chi connectivity index (χ1) is 7.65. The van der Waals surface area contributed by atoms with Gasteiger partial charge in [-0.15, -0.1) is 0 Å². The molecule has 0 aromatic heterocycles. The molecule has 2 rings (SSSR count). The highest BCUT2D eigenvalue weighted by Crippen LogP contribution is 2.22. The Kier molecular flexibility index (Phi) is 4.22. The Labute approximate surface area is 100 Å². The fourth-order valence-corrected chi connectivity index (χ4v) is 2.69. The molecule has 94 valence electrons. The van der Waals surface area contributed by atoms with E-state index in [0.717, 1.165) is 12.0 Å². The first kappa shape index (κ1) is 12.3. The van der Waals surface area contributed by atoms with Crippen LogP contribution in [0.2, 0.25) is 0 Å². The third-order valence-electron chi connectivity index (χ3n) is 3.84. The van der Waals surface area contributed by atoms with Gasteiger partial charge < -0.3 is 10.2 Å². The molecule has 2 fully saturated rings. The number of hydrogen-bond donors (Lipinski definition) is 1. The van der Waals surface area contributed by atoms with Crippen molar-refractivity contribution in [3.8, 4) is 0 Å². The van der Waals surface area contributed by atoms with Crippen molar-refractivity contribution in [2.24, 2.45) is 5.92 Å². The summed E-state index contributed by atoms with van der Waals surface area (Å²) in [6, 6.07) is 1.58. The van der Waals surface area contributed by atoms with Crippen LogP contribution in [0.3, 0.4) is 0 Å². The van der Waals surface area contributed by atoms with Gasteiger partial charge in [0, 0.05) is 25.2 Å². The molecule has 16 heavy (non-hydrogen) atoms. The van der Waals surface area contributed by atoms with E-state index in [0.29, 0.717) is 6.04 Å². The predicted molar refractivity (Wildman–Crippen MR) is 68.7 cm³/mol. The summed E-state index contributed by atoms with van der Waals surface area (Å²) in [6.45, 7) is 7.38. The lowest BCUT2D eigenvalue weighted by molar-refractivity contribution is 0.202. The van der Waals surface area contributed by atoms with Gasteiger partial charge in [0.2, 0.25) is 0 Å². The van der Waals surface area contributed by atoms with Crippen LogP contribution in [0.25, 0.3) is 0 Å². The van der Waals surface area contributed by atoms with Crippen LogP contribution in [0.15, 0.2) is 0 Å². The third kappa shape index (κ3) is 3.72. The lowest BCUT2D eigenvalue weighted by Crippen LogP contribution is -2.39. The lowest BCUT2D eigenvalue weighted by Gasteiger charge is -2.27. The van der Waals surface area contributed by atoms with Crippen LogP contribution in [0.4, 0.5) is 0 Å². The number of likely N-dealkylation sites (N-methyl/N-ethyl adjacent to an activating group) is 1. The summed E-state index contributed by atoms with van der Waals surface area (Å²) in [5, 5.41) is 3.66. The molecule has 1 saturated heterocycles. The van der Waals surface area contributed by atoms with Gasteiger partial charge in [-0.2, -0.15) is 0 Å². The Morgan fingerprint density at radius 3 is 2.69 bits per heavy atom. The van der Waals surface area contributed by atoms with E-state index in [9.17, 15) is 0 Å². The molecular weight excluding hydrogens is 198 g/mol. The van der Waals surface area contributed by atoms with E-state index in [1.165, 1.54) is 45.4 Å². The molecule has 0 radical (unpaired) electrons. The molecule has 3 nitrogen and oxygen atoms in total. The second kappa shape index (κ2) is 5.48. The quantitative estimate of drug-likeness (QED) is 0.728. The highest BCUT2D eigenvalue weighted by Gasteiger charge is 2.28. The topological polar surface area (TPSA) is 18.5 Å². The van der Waals surface area contributed by atoms with Crippen molar-refractivity contribution in [2.45, 2.75) is 38.3 Å². The first-order valence-electron chi connectivity index (χ1n) is 6.77. The number of likely N-dealkylation sites (tertiary alicyclic amines) is 1. The summed E-state index contributed by atoms with van der Waals surface area (Å²) in [5.41, 5.74) is 0. The molecule has 2 unspecified atom stereocenters. The van der Waals surface area contributed by atoms with Gasteiger partial charge in [0.15, 0.2) is 0 Å². The fourth-order valence-electron chi connectivity index (χ4n) is 2.69. The van der Waals surface area contributed by atoms with Gasteiger partial charge in [-0.3, -0.25) is 4.90 Å². The molecule has 1 saturated carbocycles. The van der Waals surface area contributed by atoms with E-state index in [4.69, 9.17) is 0 Å². The van der Waals surface area contributed by atoms with Crippen LogP contribution in [0.1, 0.15) is 26.2 Å². The Morgan fingerprint density at radius 2 is 2.06 bits per heavy atom. The summed E-state index contributed by atoms with van der Waals surface area (Å²) in [6.07, 6.45) is 4.21. The molecule has 0 amide bonds. The van der Waals surface area contributed by atoms with E-state index < -0.39 is 0 Å². The van der Waals surface area contributed by atoms with Crippen LogP contribution in [0.5, 0.6) is 0 Å². The summed E-state index contributed by atoms with van der Waals surface area (Å²) in [7, 11) is 4.33. The largest absolute Gasteiger partial charge is 0.314 e. The molecule has 1 heterocycles. The van der Waals surface area contributed by atoms with Gasteiger partial charge in [-0.1, -0.05) is 0 Å². The van der Waals surface area contributed by atoms with Crippen LogP contribution >= 0.6 is 0 Å². The predicted octanol–water partition coefficient (Wildman–Crippen LogP) is 1.01. The second-order valence-electron chi connectivity index (χ2n) is 5.94. The van der Waals surface area contributed by atoms with Gasteiger partial charge in [0.25, 0.3) is 0 Å². The van der Waals surface area contributed by atoms with E-state index >= 15 is 0 Å². The molecule has 1 aliphatic carbocycles. The molecule has 0 aromatic carbocycles. The molecule has 2 atom stereocenters. The van der Waals surface area contributed by atoms with Crippen LogP contribution in [-0.4, -0.2) is 62.2 Å². The number of hydrogen-bond acceptors (Lipinski definition) is 3. The number of nitrogens with zero attached hydrogens (tertiary/aromatic N) is 2. The van der Waals surface area contributed by atoms with Crippen molar-refractivity contribution in [1.82, 2.24) is 15.1 Å². The average molecular weight is 225 g/mol. The zero-order chi connectivity index (χ0) is 11.5. The van der Waals surface area contributed by atoms with Crippen molar-refractivity contribution in [3.05, 3.63) is 0 Å². The molecule has 0 aromatic rings. The van der Waals surface area contributed by atoms with Gasteiger partial charge in [0.1, 0.15) is 0 Å². The van der Waals surface area contributed by atoms with Gasteiger partial charge in [-0.05, 0) is 59.3 Å². The van der Waals surface area contributed by atoms with E-state index in [2.05, 4.69) is 36.1 Å².